The maximum absolute atomic E-state index is 5.93. The van der Waals surface area contributed by atoms with E-state index in [0.29, 0.717) is 13.2 Å². The zero-order chi connectivity index (χ0) is 27.1. The number of rotatable bonds is 24. The molecule has 0 aliphatic carbocycles. The summed E-state index contributed by atoms with van der Waals surface area (Å²) in [5.41, 5.74) is 0. The molecule has 5 nitrogen and oxygen atoms in total. The lowest BCUT2D eigenvalue weighted by atomic mass is 10.1. The second kappa shape index (κ2) is 22.4. The molecular weight excluding hydrogens is 486 g/mol. The topological polar surface area (TPSA) is 40.2 Å². The predicted molar refractivity (Wildman–Crippen MR) is 162 cm³/mol. The third-order valence-electron chi connectivity index (χ3n) is 8.16. The molecule has 2 aliphatic heterocycles. The van der Waals surface area contributed by atoms with E-state index in [2.05, 4.69) is 4.90 Å². The van der Waals surface area contributed by atoms with Crippen molar-refractivity contribution >= 4 is 0 Å². The van der Waals surface area contributed by atoms with Gasteiger partial charge in [0.15, 0.2) is 17.6 Å². The van der Waals surface area contributed by atoms with E-state index in [1.54, 1.807) is 0 Å². The number of unbranched alkanes of at least 4 members (excludes halogenated alkanes) is 14. The van der Waals surface area contributed by atoms with Crippen molar-refractivity contribution in [2.45, 2.75) is 128 Å². The highest BCUT2D eigenvalue weighted by Crippen LogP contribution is 2.30. The summed E-state index contributed by atoms with van der Waals surface area (Å²) in [6.45, 7) is 7.96. The lowest BCUT2D eigenvalue weighted by Crippen LogP contribution is -2.33. The zero-order valence-electron chi connectivity index (χ0n) is 25.1. The van der Waals surface area contributed by atoms with Crippen molar-refractivity contribution in [3.05, 3.63) is 24.3 Å². The summed E-state index contributed by atoms with van der Waals surface area (Å²) in [7, 11) is 0. The molecule has 0 radical (unpaired) electrons. The van der Waals surface area contributed by atoms with Crippen LogP contribution in [0.3, 0.4) is 0 Å². The van der Waals surface area contributed by atoms with Gasteiger partial charge in [-0.1, -0.05) is 95.6 Å². The molecule has 0 amide bonds. The minimum absolute atomic E-state index is 0.00253. The number of benzene rings is 1. The molecule has 1 unspecified atom stereocenters. The van der Waals surface area contributed by atoms with Crippen LogP contribution in [0, 0.1) is 0 Å². The van der Waals surface area contributed by atoms with Crippen molar-refractivity contribution in [3.8, 4) is 11.5 Å². The molecule has 0 aromatic heterocycles. The maximum atomic E-state index is 5.93. The summed E-state index contributed by atoms with van der Waals surface area (Å²) < 4.78 is 23.4. The van der Waals surface area contributed by atoms with E-state index < -0.39 is 0 Å². The minimum Gasteiger partial charge on any atom is -0.486 e. The normalized spacial score (nSPS) is 17.5. The van der Waals surface area contributed by atoms with Crippen molar-refractivity contribution in [2.24, 2.45) is 0 Å². The summed E-state index contributed by atoms with van der Waals surface area (Å²) >= 11 is 0. The third kappa shape index (κ3) is 15.9. The molecular formula is C34H59NO4. The Bertz CT molecular complexity index is 694. The molecule has 1 fully saturated rings. The largest absolute Gasteiger partial charge is 0.486 e. The number of ether oxygens (including phenoxy) is 4. The molecule has 1 aromatic rings. The Kier molecular flexibility index (Phi) is 18.5. The smallest absolute Gasteiger partial charge is 0.161 e. The molecule has 0 bridgehead atoms. The predicted octanol–water partition coefficient (Wildman–Crippen LogP) is 8.59. The first-order valence-corrected chi connectivity index (χ1v) is 16.7. The monoisotopic (exact) mass is 545 g/mol. The number of likely N-dealkylation sites (tertiary alicyclic amines) is 1. The van der Waals surface area contributed by atoms with Gasteiger partial charge in [0.1, 0.15) is 6.61 Å². The standard InChI is InChI=1S/C34H59NO4/c1(5-9-16-24-35-25-17-13-18-26-35)2-6-10-19-27-36-28-20-11-7-3-4-8-12-21-29-37-30-32-31-38-33-22-14-15-23-34(33)39-32/h14-15,22-23,32H,1-13,16-21,24-31H2. The molecule has 3 rings (SSSR count). The SMILES string of the molecule is c1ccc2c(c1)OCC(COCCCCCCCCCCOCCCCCCCCCCN1CCCCC1)O2. The fourth-order valence-electron chi connectivity index (χ4n) is 5.71. The van der Waals surface area contributed by atoms with E-state index in [9.17, 15) is 0 Å². The van der Waals surface area contributed by atoms with E-state index in [4.69, 9.17) is 18.9 Å². The van der Waals surface area contributed by atoms with Crippen molar-refractivity contribution < 1.29 is 18.9 Å². The van der Waals surface area contributed by atoms with Crippen LogP contribution < -0.4 is 9.47 Å². The van der Waals surface area contributed by atoms with Gasteiger partial charge in [0.05, 0.1) is 6.61 Å². The van der Waals surface area contributed by atoms with E-state index in [1.165, 1.54) is 135 Å². The lowest BCUT2D eigenvalue weighted by molar-refractivity contribution is 0.00778. The van der Waals surface area contributed by atoms with Crippen molar-refractivity contribution in [1.82, 2.24) is 4.90 Å². The molecule has 1 saturated heterocycles. The highest BCUT2D eigenvalue weighted by Gasteiger charge is 2.20. The van der Waals surface area contributed by atoms with Gasteiger partial charge in [-0.2, -0.15) is 0 Å². The number of nitrogens with zero attached hydrogens (tertiary/aromatic N) is 1. The summed E-state index contributed by atoms with van der Waals surface area (Å²) in [6, 6.07) is 7.84. The van der Waals surface area contributed by atoms with Gasteiger partial charge in [-0.25, -0.2) is 0 Å². The molecule has 1 atom stereocenters. The first-order chi connectivity index (χ1) is 19.4. The number of fused-ring (bicyclic) bond motifs is 1. The van der Waals surface area contributed by atoms with Crippen LogP contribution in [-0.4, -0.2) is 63.7 Å². The molecule has 2 heterocycles. The fourth-order valence-corrected chi connectivity index (χ4v) is 5.71. The van der Waals surface area contributed by atoms with Gasteiger partial charge >= 0.3 is 0 Å². The van der Waals surface area contributed by atoms with Crippen molar-refractivity contribution in [2.75, 3.05) is 52.7 Å². The Hall–Kier alpha value is -1.30. The molecule has 224 valence electrons. The van der Waals surface area contributed by atoms with E-state index >= 15 is 0 Å². The third-order valence-corrected chi connectivity index (χ3v) is 8.16. The van der Waals surface area contributed by atoms with Crippen LogP contribution in [0.25, 0.3) is 0 Å². The lowest BCUT2D eigenvalue weighted by Gasteiger charge is -2.26. The molecule has 0 saturated carbocycles. The van der Waals surface area contributed by atoms with Gasteiger partial charge in [-0.15, -0.1) is 0 Å². The fraction of sp³-hybridized carbons (Fsp3) is 0.824. The molecule has 1 aromatic carbocycles. The summed E-state index contributed by atoms with van der Waals surface area (Å²) in [4.78, 5) is 2.68. The summed E-state index contributed by atoms with van der Waals surface area (Å²) in [5, 5.41) is 0. The van der Waals surface area contributed by atoms with Gasteiger partial charge < -0.3 is 23.8 Å². The Morgan fingerprint density at radius 3 is 1.72 bits per heavy atom. The summed E-state index contributed by atoms with van der Waals surface area (Å²) in [6.07, 6.45) is 25.7. The first kappa shape index (κ1) is 32.2. The van der Waals surface area contributed by atoms with Crippen LogP contribution in [0.2, 0.25) is 0 Å². The van der Waals surface area contributed by atoms with Gasteiger partial charge in [-0.3, -0.25) is 0 Å². The average Bonchev–Trinajstić information content (AvgIpc) is 2.98. The van der Waals surface area contributed by atoms with Gasteiger partial charge in [0.25, 0.3) is 0 Å². The second-order valence-corrected chi connectivity index (χ2v) is 11.7. The van der Waals surface area contributed by atoms with Crippen LogP contribution in [0.15, 0.2) is 24.3 Å². The molecule has 39 heavy (non-hydrogen) atoms. The molecule has 2 aliphatic rings. The highest BCUT2D eigenvalue weighted by molar-refractivity contribution is 5.40. The first-order valence-electron chi connectivity index (χ1n) is 16.7. The number of hydrogen-bond acceptors (Lipinski definition) is 5. The van der Waals surface area contributed by atoms with E-state index in [1.807, 2.05) is 24.3 Å². The quantitative estimate of drug-likeness (QED) is 0.122. The van der Waals surface area contributed by atoms with Crippen molar-refractivity contribution in [3.63, 3.8) is 0 Å². The van der Waals surface area contributed by atoms with Gasteiger partial charge in [0, 0.05) is 19.8 Å². The Morgan fingerprint density at radius 1 is 0.590 bits per heavy atom. The number of hydrogen-bond donors (Lipinski definition) is 0. The van der Waals surface area contributed by atoms with Crippen molar-refractivity contribution in [1.29, 1.82) is 0 Å². The Morgan fingerprint density at radius 2 is 1.10 bits per heavy atom. The van der Waals surface area contributed by atoms with E-state index in [0.717, 1.165) is 37.7 Å². The second-order valence-electron chi connectivity index (χ2n) is 11.7. The van der Waals surface area contributed by atoms with Crippen LogP contribution in [-0.2, 0) is 9.47 Å². The van der Waals surface area contributed by atoms with Gasteiger partial charge in [-0.05, 0) is 70.3 Å². The van der Waals surface area contributed by atoms with Crippen LogP contribution in [0.1, 0.15) is 122 Å². The Balaban J connectivity index is 0.944. The molecule has 5 heteroatoms. The number of para-hydroxylation sites is 2. The Labute approximate surface area is 240 Å². The minimum atomic E-state index is 0.00253. The zero-order valence-corrected chi connectivity index (χ0v) is 25.1. The van der Waals surface area contributed by atoms with E-state index in [-0.39, 0.29) is 6.10 Å². The summed E-state index contributed by atoms with van der Waals surface area (Å²) in [5.74, 6) is 1.66. The maximum Gasteiger partial charge on any atom is 0.161 e. The van der Waals surface area contributed by atoms with Gasteiger partial charge in [0.2, 0.25) is 0 Å². The number of piperidine rings is 1. The van der Waals surface area contributed by atoms with Crippen LogP contribution in [0.4, 0.5) is 0 Å². The average molecular weight is 546 g/mol. The molecule has 0 spiro atoms. The highest BCUT2D eigenvalue weighted by atomic mass is 16.6. The molecule has 0 N–H and O–H groups in total. The van der Waals surface area contributed by atoms with Crippen LogP contribution in [0.5, 0.6) is 11.5 Å². The van der Waals surface area contributed by atoms with Crippen LogP contribution >= 0.6 is 0 Å².